The van der Waals surface area contributed by atoms with Gasteiger partial charge in [0.15, 0.2) is 0 Å². The minimum Gasteiger partial charge on any atom is -0.298 e. The SMILES string of the molecule is CC(C)C(=O)CN(C)CCS(C)(=O)=O. The quantitative estimate of drug-likeness (QED) is 0.642. The molecule has 0 saturated carbocycles. The molecule has 0 heterocycles. The minimum atomic E-state index is -2.93. The molecule has 0 radical (unpaired) electrons. The maximum Gasteiger partial charge on any atom is 0.149 e. The van der Waals surface area contributed by atoms with E-state index in [1.54, 1.807) is 11.9 Å². The normalized spacial score (nSPS) is 12.4. The number of hydrogen-bond acceptors (Lipinski definition) is 4. The number of rotatable bonds is 6. The average molecular weight is 221 g/mol. The molecule has 0 aromatic heterocycles. The lowest BCUT2D eigenvalue weighted by Crippen LogP contribution is -2.32. The van der Waals surface area contributed by atoms with Crippen molar-refractivity contribution in [3.05, 3.63) is 0 Å². The van der Waals surface area contributed by atoms with Crippen molar-refractivity contribution in [3.63, 3.8) is 0 Å². The van der Waals surface area contributed by atoms with Crippen LogP contribution in [-0.4, -0.2) is 51.2 Å². The van der Waals surface area contributed by atoms with Crippen molar-refractivity contribution in [2.45, 2.75) is 13.8 Å². The van der Waals surface area contributed by atoms with Crippen LogP contribution in [0.3, 0.4) is 0 Å². The topological polar surface area (TPSA) is 54.5 Å². The Balaban J connectivity index is 3.88. The molecule has 14 heavy (non-hydrogen) atoms. The van der Waals surface area contributed by atoms with Crippen LogP contribution in [0.5, 0.6) is 0 Å². The van der Waals surface area contributed by atoms with Crippen LogP contribution in [0.1, 0.15) is 13.8 Å². The van der Waals surface area contributed by atoms with Crippen LogP contribution in [0.4, 0.5) is 0 Å². The number of likely N-dealkylation sites (N-methyl/N-ethyl adjacent to an activating group) is 1. The lowest BCUT2D eigenvalue weighted by Gasteiger charge is -2.16. The standard InChI is InChI=1S/C9H19NO3S/c1-8(2)9(11)7-10(3)5-6-14(4,12)13/h8H,5-7H2,1-4H3. The van der Waals surface area contributed by atoms with Gasteiger partial charge in [-0.3, -0.25) is 9.69 Å². The molecule has 0 atom stereocenters. The van der Waals surface area contributed by atoms with Crippen molar-refractivity contribution in [3.8, 4) is 0 Å². The highest BCUT2D eigenvalue weighted by Gasteiger charge is 2.11. The number of carbonyl (C=O) groups is 1. The van der Waals surface area contributed by atoms with Gasteiger partial charge in [0.05, 0.1) is 12.3 Å². The molecule has 0 aromatic carbocycles. The lowest BCUT2D eigenvalue weighted by molar-refractivity contribution is -0.122. The molecular formula is C9H19NO3S. The van der Waals surface area contributed by atoms with Crippen LogP contribution in [0.15, 0.2) is 0 Å². The molecule has 0 aliphatic heterocycles. The van der Waals surface area contributed by atoms with E-state index in [0.717, 1.165) is 0 Å². The molecule has 5 heteroatoms. The van der Waals surface area contributed by atoms with Crippen LogP contribution < -0.4 is 0 Å². The van der Waals surface area contributed by atoms with Gasteiger partial charge in [0.25, 0.3) is 0 Å². The molecule has 0 bridgehead atoms. The number of hydrogen-bond donors (Lipinski definition) is 0. The first-order valence-electron chi connectivity index (χ1n) is 4.61. The Labute approximate surface area is 86.2 Å². The zero-order chi connectivity index (χ0) is 11.4. The summed E-state index contributed by atoms with van der Waals surface area (Å²) in [7, 11) is -1.17. The molecule has 0 rings (SSSR count). The molecule has 0 N–H and O–H groups in total. The van der Waals surface area contributed by atoms with E-state index in [1.165, 1.54) is 6.26 Å². The summed E-state index contributed by atoms with van der Waals surface area (Å²) in [5.41, 5.74) is 0. The van der Waals surface area contributed by atoms with E-state index in [4.69, 9.17) is 0 Å². The van der Waals surface area contributed by atoms with Gasteiger partial charge in [0.1, 0.15) is 15.6 Å². The summed E-state index contributed by atoms with van der Waals surface area (Å²) in [5.74, 6) is 0.256. The molecule has 0 fully saturated rings. The van der Waals surface area contributed by atoms with Gasteiger partial charge in [-0.15, -0.1) is 0 Å². The van der Waals surface area contributed by atoms with Gasteiger partial charge in [0.2, 0.25) is 0 Å². The third kappa shape index (κ3) is 7.03. The van der Waals surface area contributed by atoms with Gasteiger partial charge in [-0.1, -0.05) is 13.8 Å². The zero-order valence-corrected chi connectivity index (χ0v) is 10.1. The van der Waals surface area contributed by atoms with Crippen LogP contribution in [0, 0.1) is 5.92 Å². The summed E-state index contributed by atoms with van der Waals surface area (Å²) >= 11 is 0. The first-order valence-corrected chi connectivity index (χ1v) is 6.67. The molecule has 0 amide bonds. The van der Waals surface area contributed by atoms with Crippen LogP contribution in [-0.2, 0) is 14.6 Å². The Morgan fingerprint density at radius 3 is 2.21 bits per heavy atom. The molecule has 4 nitrogen and oxygen atoms in total. The zero-order valence-electron chi connectivity index (χ0n) is 9.28. The fourth-order valence-electron chi connectivity index (χ4n) is 0.849. The highest BCUT2D eigenvalue weighted by atomic mass is 32.2. The van der Waals surface area contributed by atoms with Crippen LogP contribution in [0.2, 0.25) is 0 Å². The van der Waals surface area contributed by atoms with Crippen molar-refractivity contribution < 1.29 is 13.2 Å². The highest BCUT2D eigenvalue weighted by Crippen LogP contribution is 1.96. The molecule has 0 saturated heterocycles. The Kier molecular flexibility index (Phi) is 5.29. The molecule has 0 unspecified atom stereocenters. The van der Waals surface area contributed by atoms with Gasteiger partial charge in [-0.05, 0) is 7.05 Å². The van der Waals surface area contributed by atoms with E-state index in [1.807, 2.05) is 13.8 Å². The maximum atomic E-state index is 11.3. The smallest absolute Gasteiger partial charge is 0.149 e. The Morgan fingerprint density at radius 1 is 1.36 bits per heavy atom. The largest absolute Gasteiger partial charge is 0.298 e. The van der Waals surface area contributed by atoms with E-state index in [9.17, 15) is 13.2 Å². The predicted octanol–water partition coefficient (Wildman–Crippen LogP) is 0.188. The van der Waals surface area contributed by atoms with E-state index >= 15 is 0 Å². The fraction of sp³-hybridized carbons (Fsp3) is 0.889. The molecule has 0 aromatic rings. The van der Waals surface area contributed by atoms with Crippen LogP contribution in [0.25, 0.3) is 0 Å². The molecular weight excluding hydrogens is 202 g/mol. The third-order valence-electron chi connectivity index (χ3n) is 1.91. The second kappa shape index (κ2) is 5.46. The second-order valence-electron chi connectivity index (χ2n) is 3.99. The molecule has 0 aliphatic carbocycles. The number of sulfone groups is 1. The van der Waals surface area contributed by atoms with Crippen molar-refractivity contribution in [2.24, 2.45) is 5.92 Å². The van der Waals surface area contributed by atoms with Crippen molar-refractivity contribution >= 4 is 15.6 Å². The second-order valence-corrected chi connectivity index (χ2v) is 6.25. The van der Waals surface area contributed by atoms with E-state index < -0.39 is 9.84 Å². The van der Waals surface area contributed by atoms with Crippen molar-refractivity contribution in [1.29, 1.82) is 0 Å². The number of carbonyl (C=O) groups excluding carboxylic acids is 1. The van der Waals surface area contributed by atoms with Crippen molar-refractivity contribution in [1.82, 2.24) is 4.90 Å². The van der Waals surface area contributed by atoms with Gasteiger partial charge < -0.3 is 0 Å². The maximum absolute atomic E-state index is 11.3. The minimum absolute atomic E-state index is 0.00989. The van der Waals surface area contributed by atoms with Gasteiger partial charge in [-0.25, -0.2) is 8.42 Å². The predicted molar refractivity (Wildman–Crippen MR) is 57.1 cm³/mol. The summed E-state index contributed by atoms with van der Waals surface area (Å²) in [6, 6.07) is 0. The molecule has 0 aliphatic rings. The summed E-state index contributed by atoms with van der Waals surface area (Å²) in [6.07, 6.45) is 1.20. The summed E-state index contributed by atoms with van der Waals surface area (Å²) in [6.45, 7) is 4.42. The van der Waals surface area contributed by atoms with E-state index in [-0.39, 0.29) is 17.5 Å². The monoisotopic (exact) mass is 221 g/mol. The highest BCUT2D eigenvalue weighted by molar-refractivity contribution is 7.90. The van der Waals surface area contributed by atoms with Gasteiger partial charge in [0, 0.05) is 18.7 Å². The summed E-state index contributed by atoms with van der Waals surface area (Å²) < 4.78 is 21.7. The average Bonchev–Trinajstić information content (AvgIpc) is 1.99. The number of nitrogens with zero attached hydrogens (tertiary/aromatic N) is 1. The summed E-state index contributed by atoms with van der Waals surface area (Å²) in [5, 5.41) is 0. The Bertz CT molecular complexity index is 282. The fourth-order valence-corrected chi connectivity index (χ4v) is 1.49. The van der Waals surface area contributed by atoms with E-state index in [0.29, 0.717) is 13.1 Å². The van der Waals surface area contributed by atoms with Crippen LogP contribution >= 0.6 is 0 Å². The first kappa shape index (κ1) is 13.6. The number of ketones is 1. The molecule has 0 spiro atoms. The summed E-state index contributed by atoms with van der Waals surface area (Å²) in [4.78, 5) is 13.0. The Hall–Kier alpha value is -0.420. The Morgan fingerprint density at radius 2 is 1.86 bits per heavy atom. The first-order chi connectivity index (χ1) is 6.22. The van der Waals surface area contributed by atoms with Gasteiger partial charge >= 0.3 is 0 Å². The lowest BCUT2D eigenvalue weighted by atomic mass is 10.1. The van der Waals surface area contributed by atoms with E-state index in [2.05, 4.69) is 0 Å². The molecule has 84 valence electrons. The van der Waals surface area contributed by atoms with Gasteiger partial charge in [-0.2, -0.15) is 0 Å². The number of Topliss-reactive ketones (excluding diaryl/α,β-unsaturated/α-hetero) is 1. The third-order valence-corrected chi connectivity index (χ3v) is 2.84. The van der Waals surface area contributed by atoms with Crippen molar-refractivity contribution in [2.75, 3.05) is 32.1 Å².